The number of nitrogens with zero attached hydrogens (tertiary/aromatic N) is 5. The molecule has 2 fully saturated rings. The molecule has 210 valence electrons. The van der Waals surface area contributed by atoms with E-state index >= 15 is 0 Å². The highest BCUT2D eigenvalue weighted by Crippen LogP contribution is 2.42. The second kappa shape index (κ2) is 13.6. The number of carbonyl (C=O) groups excluding carboxylic acids is 1. The van der Waals surface area contributed by atoms with Crippen LogP contribution in [0.4, 0.5) is 5.82 Å². The molecule has 8 nitrogen and oxygen atoms in total. The standard InChI is InChI=1S/C27H36ClN5O3.2ClH/c1-18-15-23(34)25-24(18)26(30-17-29-25)32-9-11-33(12-10-32)27(35)22(19-3-5-20(28)6-4-19)16-31(2)21-7-13-36-14-8-21;;/h3-6,17-18,21-23,34H,7-16H2,1-2H3;2*1H/t18-,22-,23-;;/m1../s1. The number of hydrogen-bond acceptors (Lipinski definition) is 7. The van der Waals surface area contributed by atoms with Crippen molar-refractivity contribution in [2.45, 2.75) is 50.2 Å². The van der Waals surface area contributed by atoms with Crippen LogP contribution in [0.2, 0.25) is 5.02 Å². The summed E-state index contributed by atoms with van der Waals surface area (Å²) in [7, 11) is 2.12. The fraction of sp³-hybridized carbons (Fsp3) is 0.593. The third kappa shape index (κ3) is 6.54. The number of fused-ring (bicyclic) bond motifs is 1. The molecule has 38 heavy (non-hydrogen) atoms. The Bertz CT molecular complexity index is 1060. The van der Waals surface area contributed by atoms with Gasteiger partial charge >= 0.3 is 0 Å². The number of piperazine rings is 1. The van der Waals surface area contributed by atoms with Crippen LogP contribution in [-0.2, 0) is 9.53 Å². The van der Waals surface area contributed by atoms with Crippen molar-refractivity contribution in [2.24, 2.45) is 0 Å². The number of ether oxygens (including phenoxy) is 1. The molecule has 2 aliphatic heterocycles. The van der Waals surface area contributed by atoms with Gasteiger partial charge in [-0.3, -0.25) is 4.79 Å². The molecule has 5 rings (SSSR count). The van der Waals surface area contributed by atoms with Crippen LogP contribution in [0.25, 0.3) is 0 Å². The minimum atomic E-state index is -0.521. The highest BCUT2D eigenvalue weighted by molar-refractivity contribution is 6.30. The third-order valence-electron chi connectivity index (χ3n) is 8.03. The lowest BCUT2D eigenvalue weighted by Crippen LogP contribution is -2.52. The highest BCUT2D eigenvalue weighted by Gasteiger charge is 2.35. The van der Waals surface area contributed by atoms with Gasteiger partial charge < -0.3 is 24.5 Å². The Morgan fingerprint density at radius 1 is 1.13 bits per heavy atom. The number of likely N-dealkylation sites (N-methyl/N-ethyl adjacent to an activating group) is 1. The second-order valence-electron chi connectivity index (χ2n) is 10.3. The number of halogens is 3. The zero-order valence-electron chi connectivity index (χ0n) is 22.0. The summed E-state index contributed by atoms with van der Waals surface area (Å²) in [5.74, 6) is 1.04. The molecule has 0 bridgehead atoms. The second-order valence-corrected chi connectivity index (χ2v) is 10.8. The summed E-state index contributed by atoms with van der Waals surface area (Å²) in [6, 6.07) is 8.13. The van der Waals surface area contributed by atoms with Gasteiger partial charge in [-0.2, -0.15) is 0 Å². The predicted octanol–water partition coefficient (Wildman–Crippen LogP) is 4.06. The van der Waals surface area contributed by atoms with Crippen molar-refractivity contribution in [3.63, 3.8) is 0 Å². The minimum Gasteiger partial charge on any atom is -0.387 e. The van der Waals surface area contributed by atoms with E-state index in [1.807, 2.05) is 29.2 Å². The fourth-order valence-corrected chi connectivity index (χ4v) is 6.02. The number of aromatic nitrogens is 2. The highest BCUT2D eigenvalue weighted by atomic mass is 35.5. The number of benzene rings is 1. The first kappa shape index (κ1) is 30.9. The average molecular weight is 587 g/mol. The summed E-state index contributed by atoms with van der Waals surface area (Å²) in [6.07, 6.45) is 3.70. The summed E-state index contributed by atoms with van der Waals surface area (Å²) >= 11 is 6.15. The van der Waals surface area contributed by atoms with Crippen molar-refractivity contribution in [1.82, 2.24) is 19.8 Å². The Kier molecular flexibility index (Phi) is 11.0. The van der Waals surface area contributed by atoms with Crippen molar-refractivity contribution < 1.29 is 14.6 Å². The summed E-state index contributed by atoms with van der Waals surface area (Å²) in [5.41, 5.74) is 2.81. The van der Waals surface area contributed by atoms with E-state index in [2.05, 4.69) is 33.7 Å². The topological polar surface area (TPSA) is 82.0 Å². The minimum absolute atomic E-state index is 0. The van der Waals surface area contributed by atoms with Gasteiger partial charge in [0.1, 0.15) is 12.1 Å². The maximum atomic E-state index is 13.9. The van der Waals surface area contributed by atoms with Crippen LogP contribution in [0, 0.1) is 0 Å². The Morgan fingerprint density at radius 3 is 2.45 bits per heavy atom. The van der Waals surface area contributed by atoms with Crippen molar-refractivity contribution in [3.8, 4) is 0 Å². The molecular formula is C27H38Cl3N5O3. The van der Waals surface area contributed by atoms with E-state index in [-0.39, 0.29) is 42.6 Å². The maximum absolute atomic E-state index is 13.9. The number of rotatable bonds is 6. The maximum Gasteiger partial charge on any atom is 0.231 e. The van der Waals surface area contributed by atoms with Crippen LogP contribution in [0.15, 0.2) is 30.6 Å². The molecular weight excluding hydrogens is 549 g/mol. The van der Waals surface area contributed by atoms with Gasteiger partial charge in [-0.15, -0.1) is 24.8 Å². The van der Waals surface area contributed by atoms with Gasteiger partial charge in [0, 0.05) is 62.6 Å². The number of aliphatic hydroxyl groups is 1. The molecule has 2 aromatic rings. The van der Waals surface area contributed by atoms with Crippen molar-refractivity contribution in [3.05, 3.63) is 52.4 Å². The van der Waals surface area contributed by atoms with Gasteiger partial charge in [0.15, 0.2) is 0 Å². The lowest BCUT2D eigenvalue weighted by atomic mass is 9.95. The molecule has 1 aromatic carbocycles. The lowest BCUT2D eigenvalue weighted by molar-refractivity contribution is -0.133. The number of hydrogen-bond donors (Lipinski definition) is 1. The van der Waals surface area contributed by atoms with Crippen LogP contribution in [-0.4, -0.2) is 89.8 Å². The van der Waals surface area contributed by atoms with E-state index in [0.29, 0.717) is 50.2 Å². The summed E-state index contributed by atoms with van der Waals surface area (Å²) in [6.45, 7) is 7.03. The van der Waals surface area contributed by atoms with E-state index in [1.165, 1.54) is 0 Å². The Labute approximate surface area is 242 Å². The van der Waals surface area contributed by atoms with Crippen molar-refractivity contribution in [1.29, 1.82) is 0 Å². The SMILES string of the molecule is C[C@@H]1C[C@@H](O)c2ncnc(N3CCN(C(=O)[C@H](CN(C)C4CCOCC4)c4ccc(Cl)cc4)CC3)c21.Cl.Cl. The molecule has 0 unspecified atom stereocenters. The number of aliphatic hydroxyl groups excluding tert-OH is 1. The molecule has 11 heteroatoms. The lowest BCUT2D eigenvalue weighted by Gasteiger charge is -2.39. The van der Waals surface area contributed by atoms with E-state index < -0.39 is 6.10 Å². The van der Waals surface area contributed by atoms with Crippen molar-refractivity contribution >= 4 is 48.1 Å². The molecule has 3 aliphatic rings. The molecule has 0 saturated carbocycles. The number of carbonyl (C=O) groups is 1. The normalized spacial score (nSPS) is 22.4. The van der Waals surface area contributed by atoms with E-state index in [4.69, 9.17) is 16.3 Å². The molecule has 0 radical (unpaired) electrons. The van der Waals surface area contributed by atoms with Gasteiger partial charge in [-0.05, 0) is 49.9 Å². The summed E-state index contributed by atoms with van der Waals surface area (Å²) in [5, 5.41) is 11.0. The molecule has 2 saturated heterocycles. The first-order valence-electron chi connectivity index (χ1n) is 13.0. The Balaban J connectivity index is 0.00000200. The zero-order valence-corrected chi connectivity index (χ0v) is 24.4. The molecule has 1 N–H and O–H groups in total. The van der Waals surface area contributed by atoms with E-state index in [9.17, 15) is 9.90 Å². The van der Waals surface area contributed by atoms with Gasteiger partial charge in [0.25, 0.3) is 0 Å². The largest absolute Gasteiger partial charge is 0.387 e. The molecule has 1 amide bonds. The Morgan fingerprint density at radius 2 is 1.79 bits per heavy atom. The average Bonchev–Trinajstić information content (AvgIpc) is 3.21. The first-order valence-corrected chi connectivity index (χ1v) is 13.4. The van der Waals surface area contributed by atoms with Gasteiger partial charge in [0.2, 0.25) is 5.91 Å². The van der Waals surface area contributed by atoms with E-state index in [0.717, 1.165) is 48.7 Å². The molecule has 1 aromatic heterocycles. The van der Waals surface area contributed by atoms with Crippen LogP contribution >= 0.6 is 36.4 Å². The monoisotopic (exact) mass is 585 g/mol. The van der Waals surface area contributed by atoms with E-state index in [1.54, 1.807) is 6.33 Å². The van der Waals surface area contributed by atoms with Crippen molar-refractivity contribution in [2.75, 3.05) is 57.9 Å². The molecule has 3 heterocycles. The summed E-state index contributed by atoms with van der Waals surface area (Å²) < 4.78 is 5.54. The molecule has 3 atom stereocenters. The molecule has 1 aliphatic carbocycles. The predicted molar refractivity (Wildman–Crippen MR) is 154 cm³/mol. The number of anilines is 1. The quantitative estimate of drug-likeness (QED) is 0.547. The van der Waals surface area contributed by atoms with Crippen LogP contribution in [0.5, 0.6) is 0 Å². The van der Waals surface area contributed by atoms with Crippen LogP contribution < -0.4 is 4.90 Å². The number of amides is 1. The van der Waals surface area contributed by atoms with Gasteiger partial charge in [-0.1, -0.05) is 30.7 Å². The van der Waals surface area contributed by atoms with Crippen LogP contribution in [0.1, 0.15) is 60.9 Å². The van der Waals surface area contributed by atoms with Crippen LogP contribution in [0.3, 0.4) is 0 Å². The van der Waals surface area contributed by atoms with Gasteiger partial charge in [0.05, 0.1) is 17.7 Å². The fourth-order valence-electron chi connectivity index (χ4n) is 5.90. The smallest absolute Gasteiger partial charge is 0.231 e. The Hall–Kier alpha value is -1.68. The molecule has 0 spiro atoms. The zero-order chi connectivity index (χ0) is 25.2. The third-order valence-corrected chi connectivity index (χ3v) is 8.28. The first-order chi connectivity index (χ1) is 17.4. The van der Waals surface area contributed by atoms with Gasteiger partial charge in [-0.25, -0.2) is 9.97 Å². The summed E-state index contributed by atoms with van der Waals surface area (Å²) in [4.78, 5) is 29.4.